The number of nitrogens with zero attached hydrogens (tertiary/aromatic N) is 4. The average molecular weight is 499 g/mol. The van der Waals surface area contributed by atoms with Crippen LogP contribution in [0.3, 0.4) is 0 Å². The van der Waals surface area contributed by atoms with Gasteiger partial charge < -0.3 is 25.1 Å². The summed E-state index contributed by atoms with van der Waals surface area (Å²) in [5, 5.41) is 11.9. The Hall–Kier alpha value is -3.31. The predicted molar refractivity (Wildman–Crippen MR) is 133 cm³/mol. The summed E-state index contributed by atoms with van der Waals surface area (Å²) in [6.45, 7) is 6.23. The first-order chi connectivity index (χ1) is 16.9. The van der Waals surface area contributed by atoms with Crippen LogP contribution < -0.4 is 16.0 Å². The van der Waals surface area contributed by atoms with E-state index in [0.717, 1.165) is 30.2 Å². The van der Waals surface area contributed by atoms with Gasteiger partial charge in [-0.2, -0.15) is 0 Å². The van der Waals surface area contributed by atoms with E-state index >= 15 is 0 Å². The zero-order valence-electron chi connectivity index (χ0n) is 19.8. The van der Waals surface area contributed by atoms with Gasteiger partial charge in [-0.15, -0.1) is 10.2 Å². The fraction of sp³-hybridized carbons (Fsp3) is 0.417. The van der Waals surface area contributed by atoms with Crippen molar-refractivity contribution >= 4 is 35.0 Å². The van der Waals surface area contributed by atoms with Crippen LogP contribution in [0.5, 0.6) is 0 Å². The van der Waals surface area contributed by atoms with Crippen LogP contribution in [0.1, 0.15) is 31.9 Å². The number of ether oxygens (including phenoxy) is 1. The highest BCUT2D eigenvalue weighted by molar-refractivity contribution is 7.99. The van der Waals surface area contributed by atoms with Gasteiger partial charge in [-0.1, -0.05) is 11.8 Å². The molecule has 1 fully saturated rings. The van der Waals surface area contributed by atoms with E-state index in [0.29, 0.717) is 23.9 Å². The number of carbonyl (C=O) groups excluding carboxylic acids is 2. The minimum Gasteiger partial charge on any atom is -0.467 e. The standard InChI is InChI=1S/C24H30N6O4S/c1-16-12-29(13-17(2)34-16)19-7-5-18(6-8-19)26-23(32)15-35-24-28-27-22(10-9-21(25)31)30(24)14-20-4-3-11-33-20/h3-8,11,16-17H,9-10,12-15H2,1-2H3,(H2,25,31)(H,26,32). The van der Waals surface area contributed by atoms with Gasteiger partial charge in [0.05, 0.1) is 30.8 Å². The number of hydrogen-bond donors (Lipinski definition) is 2. The molecule has 2 unspecified atom stereocenters. The summed E-state index contributed by atoms with van der Waals surface area (Å²) in [6.07, 6.45) is 2.49. The number of primary amides is 1. The van der Waals surface area contributed by atoms with Gasteiger partial charge in [-0.05, 0) is 50.2 Å². The van der Waals surface area contributed by atoms with E-state index in [1.807, 2.05) is 34.9 Å². The van der Waals surface area contributed by atoms with Crippen LogP contribution >= 0.6 is 11.8 Å². The smallest absolute Gasteiger partial charge is 0.234 e. The molecule has 4 rings (SSSR count). The zero-order chi connectivity index (χ0) is 24.8. The molecule has 2 atom stereocenters. The van der Waals surface area contributed by atoms with Gasteiger partial charge in [0.2, 0.25) is 11.8 Å². The Bertz CT molecular complexity index is 1120. The Kier molecular flexibility index (Phi) is 8.09. The molecule has 2 aromatic heterocycles. The molecule has 10 nitrogen and oxygen atoms in total. The van der Waals surface area contributed by atoms with Crippen molar-refractivity contribution < 1.29 is 18.7 Å². The molecule has 1 aromatic carbocycles. The van der Waals surface area contributed by atoms with Gasteiger partial charge in [-0.3, -0.25) is 14.2 Å². The van der Waals surface area contributed by atoms with Crippen LogP contribution in [0.15, 0.2) is 52.2 Å². The number of benzene rings is 1. The lowest BCUT2D eigenvalue weighted by Gasteiger charge is -2.36. The van der Waals surface area contributed by atoms with Gasteiger partial charge in [0.15, 0.2) is 5.16 Å². The lowest BCUT2D eigenvalue weighted by Crippen LogP contribution is -2.45. The van der Waals surface area contributed by atoms with E-state index in [-0.39, 0.29) is 30.3 Å². The topological polar surface area (TPSA) is 129 Å². The van der Waals surface area contributed by atoms with Crippen molar-refractivity contribution in [3.8, 4) is 0 Å². The summed E-state index contributed by atoms with van der Waals surface area (Å²) in [6, 6.07) is 11.5. The van der Waals surface area contributed by atoms with Crippen LogP contribution in [0.4, 0.5) is 11.4 Å². The fourth-order valence-corrected chi connectivity index (χ4v) is 4.79. The molecule has 0 aliphatic carbocycles. The number of rotatable bonds is 10. The maximum absolute atomic E-state index is 12.6. The first-order valence-electron chi connectivity index (χ1n) is 11.5. The maximum Gasteiger partial charge on any atom is 0.234 e. The molecule has 3 aromatic rings. The molecule has 3 N–H and O–H groups in total. The average Bonchev–Trinajstić information content (AvgIpc) is 3.46. The Labute approximate surface area is 208 Å². The summed E-state index contributed by atoms with van der Waals surface area (Å²) in [5.41, 5.74) is 7.12. The summed E-state index contributed by atoms with van der Waals surface area (Å²) in [4.78, 5) is 26.1. The monoisotopic (exact) mass is 498 g/mol. The van der Waals surface area contributed by atoms with Crippen molar-refractivity contribution in [1.29, 1.82) is 0 Å². The number of carbonyl (C=O) groups is 2. The van der Waals surface area contributed by atoms with Crippen LogP contribution in [0, 0.1) is 0 Å². The second kappa shape index (κ2) is 11.4. The third kappa shape index (κ3) is 6.86. The molecule has 0 spiro atoms. The molecule has 2 amide bonds. The lowest BCUT2D eigenvalue weighted by atomic mass is 10.2. The van der Waals surface area contributed by atoms with Gasteiger partial charge in [-0.25, -0.2) is 0 Å². The van der Waals surface area contributed by atoms with Gasteiger partial charge in [0.1, 0.15) is 11.6 Å². The quantitative estimate of drug-likeness (QED) is 0.408. The largest absolute Gasteiger partial charge is 0.467 e. The third-order valence-corrected chi connectivity index (χ3v) is 6.52. The van der Waals surface area contributed by atoms with E-state index < -0.39 is 5.91 Å². The number of aryl methyl sites for hydroxylation is 1. The molecule has 0 radical (unpaired) electrons. The van der Waals surface area contributed by atoms with Crippen molar-refractivity contribution in [2.75, 3.05) is 29.1 Å². The predicted octanol–water partition coefficient (Wildman–Crippen LogP) is 2.68. The first-order valence-corrected chi connectivity index (χ1v) is 12.5. The minimum absolute atomic E-state index is 0.150. The van der Waals surface area contributed by atoms with Gasteiger partial charge in [0.25, 0.3) is 0 Å². The molecular weight excluding hydrogens is 468 g/mol. The molecule has 1 aliphatic rings. The minimum atomic E-state index is -0.408. The van der Waals surface area contributed by atoms with E-state index in [1.54, 1.807) is 12.3 Å². The number of nitrogens with two attached hydrogens (primary N) is 1. The van der Waals surface area contributed by atoms with Crippen molar-refractivity contribution in [3.63, 3.8) is 0 Å². The number of amides is 2. The molecule has 1 saturated heterocycles. The normalized spacial score (nSPS) is 17.9. The molecule has 186 valence electrons. The van der Waals surface area contributed by atoms with Crippen molar-refractivity contribution in [2.24, 2.45) is 5.73 Å². The number of morpholine rings is 1. The van der Waals surface area contributed by atoms with Crippen LogP contribution in [0.2, 0.25) is 0 Å². The fourth-order valence-electron chi connectivity index (χ4n) is 4.03. The van der Waals surface area contributed by atoms with E-state index in [4.69, 9.17) is 14.9 Å². The van der Waals surface area contributed by atoms with E-state index in [1.165, 1.54) is 11.8 Å². The van der Waals surface area contributed by atoms with Crippen molar-refractivity contribution in [3.05, 3.63) is 54.2 Å². The molecule has 3 heterocycles. The van der Waals surface area contributed by atoms with Crippen LogP contribution in [-0.2, 0) is 27.3 Å². The Morgan fingerprint density at radius 1 is 1.14 bits per heavy atom. The number of thioether (sulfide) groups is 1. The number of aromatic nitrogens is 3. The molecular formula is C24H30N6O4S. The molecule has 0 bridgehead atoms. The Balaban J connectivity index is 1.35. The van der Waals surface area contributed by atoms with Crippen molar-refractivity contribution in [1.82, 2.24) is 14.8 Å². The van der Waals surface area contributed by atoms with Crippen LogP contribution in [-0.4, -0.2) is 57.6 Å². The van der Waals surface area contributed by atoms with E-state index in [9.17, 15) is 9.59 Å². The first kappa shape index (κ1) is 24.8. The highest BCUT2D eigenvalue weighted by Crippen LogP contribution is 2.23. The Morgan fingerprint density at radius 3 is 2.54 bits per heavy atom. The Morgan fingerprint density at radius 2 is 1.89 bits per heavy atom. The maximum atomic E-state index is 12.6. The third-order valence-electron chi connectivity index (χ3n) is 5.55. The molecule has 0 saturated carbocycles. The lowest BCUT2D eigenvalue weighted by molar-refractivity contribution is -0.118. The highest BCUT2D eigenvalue weighted by Gasteiger charge is 2.22. The van der Waals surface area contributed by atoms with Gasteiger partial charge >= 0.3 is 0 Å². The molecule has 35 heavy (non-hydrogen) atoms. The highest BCUT2D eigenvalue weighted by atomic mass is 32.2. The summed E-state index contributed by atoms with van der Waals surface area (Å²) >= 11 is 1.27. The summed E-state index contributed by atoms with van der Waals surface area (Å²) in [5.74, 6) is 0.940. The number of hydrogen-bond acceptors (Lipinski definition) is 8. The number of nitrogens with one attached hydrogen (secondary N) is 1. The number of anilines is 2. The molecule has 1 aliphatic heterocycles. The second-order valence-electron chi connectivity index (χ2n) is 8.58. The van der Waals surface area contributed by atoms with Crippen LogP contribution in [0.25, 0.3) is 0 Å². The summed E-state index contributed by atoms with van der Waals surface area (Å²) < 4.78 is 13.1. The number of furan rings is 1. The zero-order valence-corrected chi connectivity index (χ0v) is 20.7. The van der Waals surface area contributed by atoms with E-state index in [2.05, 4.69) is 34.3 Å². The SMILES string of the molecule is CC1CN(c2ccc(NC(=O)CSc3nnc(CCC(N)=O)n3Cc3ccco3)cc2)CC(C)O1. The van der Waals surface area contributed by atoms with Crippen molar-refractivity contribution in [2.45, 2.75) is 50.6 Å². The van der Waals surface area contributed by atoms with Gasteiger partial charge in [0, 0.05) is 37.3 Å². The molecule has 11 heteroatoms. The second-order valence-corrected chi connectivity index (χ2v) is 9.52. The summed E-state index contributed by atoms with van der Waals surface area (Å²) in [7, 11) is 0.